The number of thiol groups is 1. The third-order valence-electron chi connectivity index (χ3n) is 9.62. The van der Waals surface area contributed by atoms with Crippen LogP contribution in [0.3, 0.4) is 0 Å². The predicted molar refractivity (Wildman–Crippen MR) is 246 cm³/mol. The highest BCUT2D eigenvalue weighted by molar-refractivity contribution is 7.80. The van der Waals surface area contributed by atoms with Crippen LogP contribution in [0.1, 0.15) is 78.1 Å². The highest BCUT2D eigenvalue weighted by Crippen LogP contribution is 2.09. The molecule has 0 rings (SSSR count). The van der Waals surface area contributed by atoms with Gasteiger partial charge in [0, 0.05) is 18.8 Å². The molecule has 0 aromatic rings. The highest BCUT2D eigenvalue weighted by Gasteiger charge is 2.31. The lowest BCUT2D eigenvalue weighted by atomic mass is 10.0. The fraction of sp³-hybridized carbons (Fsp3) is 0.718. The van der Waals surface area contributed by atoms with Crippen LogP contribution in [0.25, 0.3) is 0 Å². The van der Waals surface area contributed by atoms with Gasteiger partial charge in [0.1, 0.15) is 30.2 Å². The van der Waals surface area contributed by atoms with Crippen molar-refractivity contribution in [3.63, 3.8) is 0 Å². The smallest absolute Gasteiger partial charge is 0.327 e. The largest absolute Gasteiger partial charge is 0.481 e. The molecule has 7 unspecified atom stereocenters. The molecule has 0 aromatic carbocycles. The number of rotatable bonds is 36. The number of carbonyl (C=O) groups excluding carboxylic acids is 8. The molecule has 0 fully saturated rings. The topological polar surface area (TPSA) is 456 Å². The van der Waals surface area contributed by atoms with Gasteiger partial charge in [-0.2, -0.15) is 12.6 Å². The van der Waals surface area contributed by atoms with Crippen molar-refractivity contribution in [2.45, 2.75) is 120 Å². The Morgan fingerprint density at radius 2 is 1.12 bits per heavy atom. The van der Waals surface area contributed by atoms with Crippen LogP contribution in [0.4, 0.5) is 0 Å². The molecule has 8 amide bonds. The number of amides is 8. The van der Waals surface area contributed by atoms with Crippen molar-refractivity contribution in [1.29, 1.82) is 0 Å². The van der Waals surface area contributed by atoms with Crippen LogP contribution in [0.2, 0.25) is 0 Å². The Kier molecular flexibility index (Phi) is 31.5. The predicted octanol–water partition coefficient (Wildman–Crippen LogP) is -6.45. The number of carboxylic acid groups (broad SMARTS) is 2. The first-order valence-corrected chi connectivity index (χ1v) is 22.4. The molecule has 0 heterocycles. The summed E-state index contributed by atoms with van der Waals surface area (Å²) in [6, 6.07) is -8.70. The van der Waals surface area contributed by atoms with Crippen LogP contribution < -0.4 is 70.8 Å². The van der Waals surface area contributed by atoms with Crippen LogP contribution in [0, 0.1) is 5.92 Å². The van der Waals surface area contributed by atoms with Gasteiger partial charge in [0.2, 0.25) is 47.3 Å². The van der Waals surface area contributed by atoms with Crippen molar-refractivity contribution >= 4 is 77.8 Å². The maximum Gasteiger partial charge on any atom is 0.327 e. The number of aliphatic imine (C=N–C) groups is 1. The van der Waals surface area contributed by atoms with Gasteiger partial charge in [-0.15, -0.1) is 0 Å². The van der Waals surface area contributed by atoms with Crippen molar-refractivity contribution in [3.8, 4) is 0 Å². The average Bonchev–Trinajstić information content (AvgIpc) is 3.26. The fourth-order valence-corrected chi connectivity index (χ4v) is 6.22. The summed E-state index contributed by atoms with van der Waals surface area (Å²) in [7, 11) is 1.61. The first kappa shape index (κ1) is 61.2. The van der Waals surface area contributed by atoms with Crippen LogP contribution in [-0.4, -0.2) is 175 Å². The Bertz CT molecular complexity index is 1670. The summed E-state index contributed by atoms with van der Waals surface area (Å²) in [6.07, 6.45) is 1.48. The Morgan fingerprint density at radius 3 is 1.63 bits per heavy atom. The lowest BCUT2D eigenvalue weighted by Gasteiger charge is -2.25. The van der Waals surface area contributed by atoms with Crippen molar-refractivity contribution in [1.82, 2.24) is 47.9 Å². The number of nitrogens with one attached hydrogen (secondary N) is 9. The molecule has 0 aromatic heterocycles. The number of guanidine groups is 1. The van der Waals surface area contributed by atoms with E-state index in [1.807, 2.05) is 13.8 Å². The van der Waals surface area contributed by atoms with Gasteiger partial charge >= 0.3 is 11.9 Å². The molecular weight excluding hydrogens is 905 g/mol. The van der Waals surface area contributed by atoms with E-state index in [0.717, 1.165) is 0 Å². The third kappa shape index (κ3) is 27.4. The molecule has 0 radical (unpaired) electrons. The van der Waals surface area contributed by atoms with Gasteiger partial charge < -0.3 is 86.1 Å². The van der Waals surface area contributed by atoms with Crippen molar-refractivity contribution in [3.05, 3.63) is 0 Å². The second-order valence-electron chi connectivity index (χ2n) is 15.8. The van der Waals surface area contributed by atoms with Crippen molar-refractivity contribution in [2.75, 3.05) is 52.1 Å². The maximum atomic E-state index is 13.7. The van der Waals surface area contributed by atoms with E-state index >= 15 is 0 Å². The lowest BCUT2D eigenvalue weighted by molar-refractivity contribution is -0.141. The summed E-state index contributed by atoms with van der Waals surface area (Å²) >= 11 is 3.89. The van der Waals surface area contributed by atoms with Crippen LogP contribution >= 0.6 is 12.6 Å². The number of unbranched alkanes of at least 4 members (excludes halogenated alkanes) is 2. The molecule has 0 saturated carbocycles. The number of nitrogens with zero attached hydrogens (tertiary/aromatic N) is 1. The molecule has 0 aliphatic carbocycles. The van der Waals surface area contributed by atoms with Gasteiger partial charge in [-0.3, -0.25) is 48.1 Å². The molecule has 27 nitrogen and oxygen atoms in total. The van der Waals surface area contributed by atoms with Crippen molar-refractivity contribution < 1.29 is 63.3 Å². The first-order valence-electron chi connectivity index (χ1n) is 21.8. The molecule has 0 saturated heterocycles. The van der Waals surface area contributed by atoms with E-state index in [9.17, 15) is 63.3 Å². The average molecular weight is 977 g/mol. The Balaban J connectivity index is 5.75. The number of carboxylic acids is 2. The zero-order chi connectivity index (χ0) is 51.1. The van der Waals surface area contributed by atoms with E-state index in [2.05, 4.69) is 65.5 Å². The minimum atomic E-state index is -1.73. The monoisotopic (exact) mass is 977 g/mol. The molecule has 7 atom stereocenters. The van der Waals surface area contributed by atoms with Gasteiger partial charge in [-0.05, 0) is 77.3 Å². The van der Waals surface area contributed by atoms with Crippen LogP contribution in [0.15, 0.2) is 4.99 Å². The minimum absolute atomic E-state index is 0.0675. The molecular formula is C39H72N14O13S. The fourth-order valence-electron chi connectivity index (χ4n) is 5.98. The zero-order valence-corrected chi connectivity index (χ0v) is 39.2. The number of likely N-dealkylation sites (N-methyl/N-ethyl adjacent to an activating group) is 1. The summed E-state index contributed by atoms with van der Waals surface area (Å²) in [6.45, 7) is 2.02. The quantitative estimate of drug-likeness (QED) is 0.0120. The van der Waals surface area contributed by atoms with Gasteiger partial charge in [-0.25, -0.2) is 4.79 Å². The standard InChI is InChI=1S/C39H72N14O13S/c1-21(2)15-25(44-3)36(63)52-24(10-4-6-12-40)35(62)51-23(33(60)48-18-30(56)50-28(20-67)38(65)66)11-5-7-13-45-34(61)27(19-54)53-37(64)26(16-31(57)58)49-29(55)17-47-32(59)22(41)9-8-14-46-39(42)43/h21-28,44,54,67H,4-20,40-41H2,1-3H3,(H,45,61)(H,47,59)(H,48,60)(H,49,55)(H,50,56)(H,51,62)(H,52,63)(H,53,64)(H,57,58)(H,65,66)(H4,42,43,46). The van der Waals surface area contributed by atoms with Crippen molar-refractivity contribution in [2.24, 2.45) is 33.8 Å². The molecule has 28 heteroatoms. The number of hydrogen-bond acceptors (Lipinski definition) is 16. The Morgan fingerprint density at radius 1 is 0.612 bits per heavy atom. The van der Waals surface area contributed by atoms with Gasteiger partial charge in [0.25, 0.3) is 0 Å². The van der Waals surface area contributed by atoms with E-state index < -0.39 is 128 Å². The number of hydrogen-bond donors (Lipinski definition) is 17. The summed E-state index contributed by atoms with van der Waals surface area (Å²) < 4.78 is 0. The second-order valence-corrected chi connectivity index (χ2v) is 16.1. The zero-order valence-electron chi connectivity index (χ0n) is 38.3. The number of carbonyl (C=O) groups is 10. The summed E-state index contributed by atoms with van der Waals surface area (Å²) in [5.74, 6) is -9.61. The van der Waals surface area contributed by atoms with E-state index in [1.54, 1.807) is 7.05 Å². The molecule has 0 bridgehead atoms. The normalized spacial score (nSPS) is 14.0. The third-order valence-corrected chi connectivity index (χ3v) is 9.98. The Labute approximate surface area is 394 Å². The maximum absolute atomic E-state index is 13.7. The number of aliphatic carboxylic acids is 2. The second kappa shape index (κ2) is 34.5. The molecule has 382 valence electrons. The van der Waals surface area contributed by atoms with Gasteiger partial charge in [-0.1, -0.05) is 13.8 Å². The van der Waals surface area contributed by atoms with E-state index in [0.29, 0.717) is 32.2 Å². The van der Waals surface area contributed by atoms with Crippen LogP contribution in [-0.2, 0) is 47.9 Å². The van der Waals surface area contributed by atoms with E-state index in [4.69, 9.17) is 22.9 Å². The highest BCUT2D eigenvalue weighted by atomic mass is 32.1. The minimum Gasteiger partial charge on any atom is -0.481 e. The van der Waals surface area contributed by atoms with Gasteiger partial charge in [0.15, 0.2) is 5.96 Å². The lowest BCUT2D eigenvalue weighted by Crippen LogP contribution is -2.57. The molecule has 20 N–H and O–H groups in total. The molecule has 0 spiro atoms. The molecule has 67 heavy (non-hydrogen) atoms. The number of aliphatic hydroxyl groups excluding tert-OH is 1. The summed E-state index contributed by atoms with van der Waals surface area (Å²) in [4.78, 5) is 130. The van der Waals surface area contributed by atoms with E-state index in [1.165, 1.54) is 0 Å². The number of nitrogens with two attached hydrogens (primary N) is 4. The van der Waals surface area contributed by atoms with E-state index in [-0.39, 0.29) is 62.8 Å². The van der Waals surface area contributed by atoms with Gasteiger partial charge in [0.05, 0.1) is 38.2 Å². The molecule has 0 aliphatic rings. The summed E-state index contributed by atoms with van der Waals surface area (Å²) in [5.41, 5.74) is 21.9. The Hall–Kier alpha value is -5.84. The molecule has 0 aliphatic heterocycles. The summed E-state index contributed by atoms with van der Waals surface area (Å²) in [5, 5.41) is 50.4. The SMILES string of the molecule is CNC(CC(C)C)C(=O)NC(CCCCN)C(=O)NC(CCCCNC(=O)C(CO)NC(=O)C(CC(=O)O)NC(=O)CNC(=O)C(N)CCCN=C(N)N)C(=O)NCC(=O)NC(CS)C(=O)O. The van der Waals surface area contributed by atoms with Crippen LogP contribution in [0.5, 0.6) is 0 Å². The first-order chi connectivity index (χ1) is 31.6. The number of aliphatic hydroxyl groups is 1.